The smallest absolute Gasteiger partial charge is 0.263 e. The van der Waals surface area contributed by atoms with E-state index >= 15 is 0 Å². The van der Waals surface area contributed by atoms with E-state index in [-0.39, 0.29) is 24.1 Å². The zero-order valence-electron chi connectivity index (χ0n) is 12.2. The molecule has 2 unspecified atom stereocenters. The number of ether oxygens (including phenoxy) is 1. The van der Waals surface area contributed by atoms with Gasteiger partial charge in [0.25, 0.3) is 6.43 Å². The van der Waals surface area contributed by atoms with E-state index < -0.39 is 6.43 Å². The highest BCUT2D eigenvalue weighted by atomic mass is 35.5. The van der Waals surface area contributed by atoms with E-state index in [0.29, 0.717) is 12.6 Å². The summed E-state index contributed by atoms with van der Waals surface area (Å²) < 4.78 is 30.4. The second kappa shape index (κ2) is 8.63. The van der Waals surface area contributed by atoms with Crippen molar-refractivity contribution >= 4 is 12.4 Å². The van der Waals surface area contributed by atoms with Gasteiger partial charge in [-0.3, -0.25) is 4.90 Å². The Morgan fingerprint density at radius 3 is 2.52 bits per heavy atom. The molecule has 1 aromatic carbocycles. The number of hydrogen-bond donors (Lipinski definition) is 1. The van der Waals surface area contributed by atoms with Gasteiger partial charge in [0.15, 0.2) is 0 Å². The lowest BCUT2D eigenvalue weighted by atomic mass is 9.98. The number of halogens is 3. The first kappa shape index (κ1) is 18.3. The predicted octanol–water partition coefficient (Wildman–Crippen LogP) is 2.98. The highest BCUT2D eigenvalue weighted by Gasteiger charge is 2.27. The molecule has 3 nitrogen and oxygen atoms in total. The zero-order valence-corrected chi connectivity index (χ0v) is 13.0. The second-order valence-corrected chi connectivity index (χ2v) is 5.28. The summed E-state index contributed by atoms with van der Waals surface area (Å²) in [4.78, 5) is 2.31. The van der Waals surface area contributed by atoms with Gasteiger partial charge in [-0.25, -0.2) is 8.78 Å². The Hall–Kier alpha value is -0.750. The lowest BCUT2D eigenvalue weighted by molar-refractivity contribution is 0.0102. The monoisotopic (exact) mass is 320 g/mol. The minimum Gasteiger partial charge on any atom is -0.381 e. The predicted molar refractivity (Wildman–Crippen MR) is 81.9 cm³/mol. The number of rotatable bonds is 5. The van der Waals surface area contributed by atoms with Gasteiger partial charge in [-0.2, -0.15) is 0 Å². The van der Waals surface area contributed by atoms with Crippen LogP contribution >= 0.6 is 12.4 Å². The van der Waals surface area contributed by atoms with Crippen LogP contribution in [0.1, 0.15) is 30.4 Å². The van der Waals surface area contributed by atoms with Gasteiger partial charge in [0.05, 0.1) is 6.10 Å². The Labute approximate surface area is 130 Å². The summed E-state index contributed by atoms with van der Waals surface area (Å²) in [5.41, 5.74) is 6.95. The zero-order chi connectivity index (χ0) is 14.5. The molecule has 1 fully saturated rings. The van der Waals surface area contributed by atoms with Gasteiger partial charge in [0, 0.05) is 38.3 Å². The molecule has 1 aliphatic rings. The van der Waals surface area contributed by atoms with Gasteiger partial charge < -0.3 is 10.5 Å². The van der Waals surface area contributed by atoms with E-state index in [1.807, 2.05) is 0 Å². The van der Waals surface area contributed by atoms with Crippen molar-refractivity contribution in [2.45, 2.75) is 38.0 Å². The summed E-state index contributed by atoms with van der Waals surface area (Å²) >= 11 is 0. The minimum atomic E-state index is -2.40. The molecule has 2 atom stereocenters. The van der Waals surface area contributed by atoms with Crippen LogP contribution in [0.4, 0.5) is 8.78 Å². The Bertz CT molecular complexity index is 417. The minimum absolute atomic E-state index is 0. The van der Waals surface area contributed by atoms with Gasteiger partial charge >= 0.3 is 0 Å². The van der Waals surface area contributed by atoms with Crippen LogP contribution in [-0.4, -0.2) is 37.2 Å². The fourth-order valence-corrected chi connectivity index (χ4v) is 2.73. The van der Waals surface area contributed by atoms with Crippen molar-refractivity contribution in [3.05, 3.63) is 35.4 Å². The van der Waals surface area contributed by atoms with E-state index in [0.717, 1.165) is 31.5 Å². The lowest BCUT2D eigenvalue weighted by Crippen LogP contribution is -2.47. The number of likely N-dealkylation sites (tertiary alicyclic amines) is 1. The van der Waals surface area contributed by atoms with Crippen molar-refractivity contribution in [2.24, 2.45) is 5.73 Å². The van der Waals surface area contributed by atoms with E-state index in [1.54, 1.807) is 19.2 Å². The fraction of sp³-hybridized carbons (Fsp3) is 0.600. The van der Waals surface area contributed by atoms with Crippen LogP contribution < -0.4 is 5.73 Å². The first-order valence-electron chi connectivity index (χ1n) is 6.98. The molecule has 1 saturated heterocycles. The van der Waals surface area contributed by atoms with Crippen LogP contribution in [0.25, 0.3) is 0 Å². The third-order valence-electron chi connectivity index (χ3n) is 4.01. The molecule has 0 amide bonds. The van der Waals surface area contributed by atoms with Crippen molar-refractivity contribution in [3.8, 4) is 0 Å². The van der Waals surface area contributed by atoms with Gasteiger partial charge in [-0.1, -0.05) is 24.3 Å². The van der Waals surface area contributed by atoms with Gasteiger partial charge in [-0.15, -0.1) is 12.4 Å². The molecular weight excluding hydrogens is 298 g/mol. The molecule has 0 spiro atoms. The highest BCUT2D eigenvalue weighted by molar-refractivity contribution is 5.85. The number of piperidine rings is 1. The fourth-order valence-electron chi connectivity index (χ4n) is 2.73. The number of nitrogens with zero attached hydrogens (tertiary/aromatic N) is 1. The molecule has 0 bridgehead atoms. The second-order valence-electron chi connectivity index (χ2n) is 5.28. The van der Waals surface area contributed by atoms with Crippen molar-refractivity contribution < 1.29 is 13.5 Å². The van der Waals surface area contributed by atoms with Crippen molar-refractivity contribution in [1.29, 1.82) is 0 Å². The third-order valence-corrected chi connectivity index (χ3v) is 4.01. The van der Waals surface area contributed by atoms with E-state index in [9.17, 15) is 8.78 Å². The lowest BCUT2D eigenvalue weighted by Gasteiger charge is -2.38. The van der Waals surface area contributed by atoms with Crippen LogP contribution in [0.15, 0.2) is 24.3 Å². The van der Waals surface area contributed by atoms with Crippen molar-refractivity contribution in [3.63, 3.8) is 0 Å². The van der Waals surface area contributed by atoms with Crippen molar-refractivity contribution in [2.75, 3.05) is 20.2 Å². The van der Waals surface area contributed by atoms with Crippen LogP contribution in [0.5, 0.6) is 0 Å². The number of methoxy groups -OCH3 is 1. The normalized spacial score (nSPS) is 23.1. The average Bonchev–Trinajstić information content (AvgIpc) is 2.48. The molecular formula is C15H23ClF2N2O. The molecule has 1 aromatic rings. The summed E-state index contributed by atoms with van der Waals surface area (Å²) in [5, 5.41) is 0. The molecule has 6 heteroatoms. The molecule has 0 saturated carbocycles. The van der Waals surface area contributed by atoms with Crippen LogP contribution in [0, 0.1) is 0 Å². The van der Waals surface area contributed by atoms with E-state index in [1.165, 1.54) is 12.1 Å². The molecule has 0 aromatic heterocycles. The first-order chi connectivity index (χ1) is 9.63. The molecule has 1 heterocycles. The molecule has 120 valence electrons. The molecule has 2 N–H and O–H groups in total. The highest BCUT2D eigenvalue weighted by Crippen LogP contribution is 2.23. The molecule has 1 aliphatic heterocycles. The number of alkyl halides is 2. The first-order valence-corrected chi connectivity index (χ1v) is 6.98. The third kappa shape index (κ3) is 4.88. The summed E-state index contributed by atoms with van der Waals surface area (Å²) in [6, 6.07) is 6.84. The molecule has 2 rings (SSSR count). The Kier molecular flexibility index (Phi) is 7.52. The van der Waals surface area contributed by atoms with Gasteiger partial charge in [0.2, 0.25) is 0 Å². The summed E-state index contributed by atoms with van der Waals surface area (Å²) in [7, 11) is 1.73. The Morgan fingerprint density at radius 1 is 1.33 bits per heavy atom. The molecule has 0 radical (unpaired) electrons. The summed E-state index contributed by atoms with van der Waals surface area (Å²) in [6.07, 6.45) is -0.205. The maximum Gasteiger partial charge on any atom is 0.263 e. The number of benzene rings is 1. The summed E-state index contributed by atoms with van der Waals surface area (Å²) in [5.74, 6) is 0. The standard InChI is InChI=1S/C15H22F2N2O.ClH/c1-20-14-6-7-19(13(8-14)9-18)10-11-2-4-12(5-3-11)15(16)17;/h2-5,13-15H,6-10,18H2,1H3;1H. The average molecular weight is 321 g/mol. The quantitative estimate of drug-likeness (QED) is 0.906. The van der Waals surface area contributed by atoms with E-state index in [2.05, 4.69) is 4.90 Å². The summed E-state index contributed by atoms with van der Waals surface area (Å²) in [6.45, 7) is 2.27. The Morgan fingerprint density at radius 2 is 2.00 bits per heavy atom. The number of hydrogen-bond acceptors (Lipinski definition) is 3. The topological polar surface area (TPSA) is 38.5 Å². The van der Waals surface area contributed by atoms with Crippen LogP contribution in [-0.2, 0) is 11.3 Å². The maximum atomic E-state index is 12.5. The largest absolute Gasteiger partial charge is 0.381 e. The van der Waals surface area contributed by atoms with Crippen LogP contribution in [0.3, 0.4) is 0 Å². The van der Waals surface area contributed by atoms with Gasteiger partial charge in [0.1, 0.15) is 0 Å². The number of nitrogens with two attached hydrogens (primary N) is 1. The van der Waals surface area contributed by atoms with Crippen molar-refractivity contribution in [1.82, 2.24) is 4.90 Å². The maximum absolute atomic E-state index is 12.5. The van der Waals surface area contributed by atoms with Gasteiger partial charge in [-0.05, 0) is 18.4 Å². The van der Waals surface area contributed by atoms with Crippen LogP contribution in [0.2, 0.25) is 0 Å². The SMILES string of the molecule is COC1CCN(Cc2ccc(C(F)F)cc2)C(CN)C1.Cl. The molecule has 21 heavy (non-hydrogen) atoms. The van der Waals surface area contributed by atoms with E-state index in [4.69, 9.17) is 10.5 Å². The molecule has 0 aliphatic carbocycles. The Balaban J connectivity index is 0.00000220.